The molecule has 1 aromatic carbocycles. The minimum atomic E-state index is -0.748. The van der Waals surface area contributed by atoms with Gasteiger partial charge in [0.2, 0.25) is 0 Å². The molecular weight excluding hydrogens is 286 g/mol. The lowest BCUT2D eigenvalue weighted by Crippen LogP contribution is -2.36. The van der Waals surface area contributed by atoms with Crippen LogP contribution < -0.4 is 5.73 Å². The molecular formula is C14H13Cl2FN2. The monoisotopic (exact) mass is 298 g/mol. The van der Waals surface area contributed by atoms with Crippen LogP contribution in [0.25, 0.3) is 0 Å². The third kappa shape index (κ3) is 3.44. The average Bonchev–Trinajstić information content (AvgIpc) is 2.34. The maximum Gasteiger partial charge on any atom is 0.141 e. The molecule has 1 atom stereocenters. The Hall–Kier alpha value is -1.16. The molecule has 0 radical (unpaired) electrons. The number of halogens is 3. The molecule has 0 spiro atoms. The van der Waals surface area contributed by atoms with Gasteiger partial charge >= 0.3 is 0 Å². The van der Waals surface area contributed by atoms with Crippen LogP contribution in [0.1, 0.15) is 18.2 Å². The molecule has 0 saturated carbocycles. The van der Waals surface area contributed by atoms with E-state index in [2.05, 4.69) is 4.98 Å². The van der Waals surface area contributed by atoms with Gasteiger partial charge in [0, 0.05) is 10.0 Å². The molecule has 1 aromatic heterocycles. The Kier molecular flexibility index (Phi) is 4.09. The second-order valence-corrected chi connectivity index (χ2v) is 5.54. The summed E-state index contributed by atoms with van der Waals surface area (Å²) in [4.78, 5) is 4.02. The van der Waals surface area contributed by atoms with Crippen LogP contribution in [0.4, 0.5) is 4.39 Å². The molecule has 0 aliphatic heterocycles. The molecule has 0 fully saturated rings. The van der Waals surface area contributed by atoms with Gasteiger partial charge in [-0.25, -0.2) is 4.39 Å². The van der Waals surface area contributed by atoms with Crippen molar-refractivity contribution >= 4 is 23.2 Å². The van der Waals surface area contributed by atoms with Crippen LogP contribution in [0.3, 0.4) is 0 Å². The van der Waals surface area contributed by atoms with E-state index in [-0.39, 0.29) is 5.82 Å². The van der Waals surface area contributed by atoms with Gasteiger partial charge in [-0.05, 0) is 49.2 Å². The van der Waals surface area contributed by atoms with E-state index in [1.54, 1.807) is 24.3 Å². The van der Waals surface area contributed by atoms with Crippen molar-refractivity contribution in [2.75, 3.05) is 0 Å². The Morgan fingerprint density at radius 1 is 1.26 bits per heavy atom. The highest BCUT2D eigenvalue weighted by Gasteiger charge is 2.24. The summed E-state index contributed by atoms with van der Waals surface area (Å²) >= 11 is 12.1. The van der Waals surface area contributed by atoms with Gasteiger partial charge in [-0.15, -0.1) is 0 Å². The number of hydrogen-bond acceptors (Lipinski definition) is 2. The first-order valence-corrected chi connectivity index (χ1v) is 6.49. The summed E-state index contributed by atoms with van der Waals surface area (Å²) in [5.74, 6) is -0.389. The lowest BCUT2D eigenvalue weighted by Gasteiger charge is -2.24. The van der Waals surface area contributed by atoms with Crippen molar-refractivity contribution in [3.05, 3.63) is 63.6 Å². The summed E-state index contributed by atoms with van der Waals surface area (Å²) in [6, 6.07) is 8.14. The summed E-state index contributed by atoms with van der Waals surface area (Å²) in [6.07, 6.45) is 1.62. The van der Waals surface area contributed by atoms with Crippen LogP contribution in [0.5, 0.6) is 0 Å². The largest absolute Gasteiger partial charge is 0.320 e. The first kappa shape index (κ1) is 14.3. The molecule has 2 rings (SSSR count). The third-order valence-electron chi connectivity index (χ3n) is 2.88. The van der Waals surface area contributed by atoms with Gasteiger partial charge in [-0.1, -0.05) is 23.2 Å². The summed E-state index contributed by atoms with van der Waals surface area (Å²) in [6.45, 7) is 1.82. The zero-order valence-corrected chi connectivity index (χ0v) is 11.8. The van der Waals surface area contributed by atoms with Crippen LogP contribution in [0.2, 0.25) is 10.0 Å². The molecule has 0 saturated heterocycles. The maximum atomic E-state index is 12.9. The first-order chi connectivity index (χ1) is 8.88. The summed E-state index contributed by atoms with van der Waals surface area (Å²) in [5.41, 5.74) is 6.94. The van der Waals surface area contributed by atoms with Crippen molar-refractivity contribution in [1.29, 1.82) is 0 Å². The Balaban J connectivity index is 2.30. The number of nitrogens with zero attached hydrogens (tertiary/aromatic N) is 1. The molecule has 2 N–H and O–H groups in total. The Bertz CT molecular complexity index is 582. The normalized spacial score (nSPS) is 14.2. The summed E-state index contributed by atoms with van der Waals surface area (Å²) in [5, 5.41) is 1.20. The molecule has 2 aromatic rings. The molecule has 2 nitrogen and oxygen atoms in total. The van der Waals surface area contributed by atoms with E-state index in [1.165, 1.54) is 6.07 Å². The van der Waals surface area contributed by atoms with Crippen molar-refractivity contribution in [1.82, 2.24) is 4.98 Å². The summed E-state index contributed by atoms with van der Waals surface area (Å²) in [7, 11) is 0. The second kappa shape index (κ2) is 5.45. The van der Waals surface area contributed by atoms with E-state index >= 15 is 0 Å². The van der Waals surface area contributed by atoms with Gasteiger partial charge < -0.3 is 5.73 Å². The molecule has 5 heteroatoms. The van der Waals surface area contributed by atoms with Gasteiger partial charge in [0.25, 0.3) is 0 Å². The van der Waals surface area contributed by atoms with Gasteiger partial charge in [0.15, 0.2) is 0 Å². The minimum absolute atomic E-state index is 0.389. The van der Waals surface area contributed by atoms with E-state index in [0.717, 1.165) is 11.8 Å². The van der Waals surface area contributed by atoms with Crippen LogP contribution in [0.15, 0.2) is 36.5 Å². The SMILES string of the molecule is CC(N)(Cc1cc(Cl)ccc1Cl)c1ccc(F)cn1. The topological polar surface area (TPSA) is 38.9 Å². The Labute approximate surface area is 121 Å². The highest BCUT2D eigenvalue weighted by Crippen LogP contribution is 2.27. The number of hydrogen-bond donors (Lipinski definition) is 1. The van der Waals surface area contributed by atoms with Gasteiger partial charge in [-0.3, -0.25) is 4.98 Å². The van der Waals surface area contributed by atoms with Gasteiger partial charge in [0.05, 0.1) is 17.4 Å². The molecule has 0 aliphatic carbocycles. The number of aromatic nitrogens is 1. The molecule has 1 heterocycles. The zero-order valence-electron chi connectivity index (χ0n) is 10.3. The van der Waals surface area contributed by atoms with Gasteiger partial charge in [0.1, 0.15) is 5.82 Å². The Morgan fingerprint density at radius 3 is 2.63 bits per heavy atom. The molecule has 19 heavy (non-hydrogen) atoms. The number of benzene rings is 1. The van der Waals surface area contributed by atoms with Gasteiger partial charge in [-0.2, -0.15) is 0 Å². The van der Waals surface area contributed by atoms with E-state index in [4.69, 9.17) is 28.9 Å². The van der Waals surface area contributed by atoms with Crippen LogP contribution in [0, 0.1) is 5.82 Å². The molecule has 0 bridgehead atoms. The fourth-order valence-corrected chi connectivity index (χ4v) is 2.26. The number of rotatable bonds is 3. The molecule has 0 aliphatic rings. The minimum Gasteiger partial charge on any atom is -0.320 e. The third-order valence-corrected chi connectivity index (χ3v) is 3.48. The van der Waals surface area contributed by atoms with E-state index in [9.17, 15) is 4.39 Å². The van der Waals surface area contributed by atoms with E-state index in [1.807, 2.05) is 6.92 Å². The quantitative estimate of drug-likeness (QED) is 0.932. The smallest absolute Gasteiger partial charge is 0.141 e. The molecule has 100 valence electrons. The van der Waals surface area contributed by atoms with Crippen LogP contribution in [-0.2, 0) is 12.0 Å². The average molecular weight is 299 g/mol. The number of pyridine rings is 1. The fraction of sp³-hybridized carbons (Fsp3) is 0.214. The van der Waals surface area contributed by atoms with Crippen LogP contribution >= 0.6 is 23.2 Å². The summed E-state index contributed by atoms with van der Waals surface area (Å²) < 4.78 is 12.9. The van der Waals surface area contributed by atoms with Crippen molar-refractivity contribution in [3.8, 4) is 0 Å². The predicted molar refractivity (Wildman–Crippen MR) is 75.9 cm³/mol. The molecule has 0 amide bonds. The van der Waals surface area contributed by atoms with E-state index < -0.39 is 5.54 Å². The van der Waals surface area contributed by atoms with Crippen molar-refractivity contribution in [2.45, 2.75) is 18.9 Å². The second-order valence-electron chi connectivity index (χ2n) is 4.69. The maximum absolute atomic E-state index is 12.9. The lowest BCUT2D eigenvalue weighted by molar-refractivity contribution is 0.473. The number of nitrogens with two attached hydrogens (primary N) is 1. The standard InChI is InChI=1S/C14H13Cl2FN2/c1-14(18,13-5-3-11(17)8-19-13)7-9-6-10(15)2-4-12(9)16/h2-6,8H,7,18H2,1H3. The van der Waals surface area contributed by atoms with Crippen molar-refractivity contribution in [2.24, 2.45) is 5.73 Å². The predicted octanol–water partition coefficient (Wildman–Crippen LogP) is 3.94. The highest BCUT2D eigenvalue weighted by atomic mass is 35.5. The van der Waals surface area contributed by atoms with E-state index in [0.29, 0.717) is 22.2 Å². The Morgan fingerprint density at radius 2 is 2.00 bits per heavy atom. The van der Waals surface area contributed by atoms with Crippen LogP contribution in [-0.4, -0.2) is 4.98 Å². The van der Waals surface area contributed by atoms with Crippen molar-refractivity contribution in [3.63, 3.8) is 0 Å². The van der Waals surface area contributed by atoms with Crippen molar-refractivity contribution < 1.29 is 4.39 Å². The zero-order chi connectivity index (χ0) is 14.0. The fourth-order valence-electron chi connectivity index (χ4n) is 1.88. The lowest BCUT2D eigenvalue weighted by atomic mass is 9.90. The highest BCUT2D eigenvalue weighted by molar-refractivity contribution is 6.33. The molecule has 1 unspecified atom stereocenters. The first-order valence-electron chi connectivity index (χ1n) is 5.73.